The van der Waals surface area contributed by atoms with Crippen LogP contribution < -0.4 is 11.2 Å². The van der Waals surface area contributed by atoms with Crippen LogP contribution in [0.15, 0.2) is 21.9 Å². The molecule has 0 aromatic carbocycles. The predicted molar refractivity (Wildman–Crippen MR) is 48.3 cm³/mol. The fourth-order valence-electron chi connectivity index (χ4n) is 1.34. The van der Waals surface area contributed by atoms with E-state index in [0.29, 0.717) is 0 Å². The van der Waals surface area contributed by atoms with E-state index >= 15 is 0 Å². The molecular formula is C8H10N2O5. The van der Waals surface area contributed by atoms with Crippen LogP contribution >= 0.6 is 0 Å². The molecule has 82 valence electrons. The zero-order valence-electron chi connectivity index (χ0n) is 7.75. The van der Waals surface area contributed by atoms with Crippen molar-refractivity contribution in [3.63, 3.8) is 0 Å². The minimum atomic E-state index is -0.714. The maximum atomic E-state index is 11.3. The SMILES string of the molecule is O=c1ccn(C2CO[C@H](CO)O2)c(=O)[nH]1. The Morgan fingerprint density at radius 3 is 3.00 bits per heavy atom. The second-order valence-electron chi connectivity index (χ2n) is 3.05. The number of nitrogens with one attached hydrogen (secondary N) is 1. The van der Waals surface area contributed by atoms with E-state index in [0.717, 1.165) is 0 Å². The molecule has 7 heteroatoms. The average Bonchev–Trinajstić information content (AvgIpc) is 2.66. The van der Waals surface area contributed by atoms with E-state index in [-0.39, 0.29) is 13.2 Å². The lowest BCUT2D eigenvalue weighted by Gasteiger charge is -2.11. The first-order valence-corrected chi connectivity index (χ1v) is 4.40. The fraction of sp³-hybridized carbons (Fsp3) is 0.500. The fourth-order valence-corrected chi connectivity index (χ4v) is 1.34. The normalized spacial score (nSPS) is 25.7. The Hall–Kier alpha value is -1.44. The van der Waals surface area contributed by atoms with Crippen LogP contribution in [0.3, 0.4) is 0 Å². The van der Waals surface area contributed by atoms with E-state index in [1.54, 1.807) is 0 Å². The molecule has 1 fully saturated rings. The third kappa shape index (κ3) is 1.99. The lowest BCUT2D eigenvalue weighted by molar-refractivity contribution is -0.0992. The van der Waals surface area contributed by atoms with Gasteiger partial charge in [-0.05, 0) is 0 Å². The van der Waals surface area contributed by atoms with Gasteiger partial charge in [-0.3, -0.25) is 14.3 Å². The summed E-state index contributed by atoms with van der Waals surface area (Å²) in [5, 5.41) is 8.75. The predicted octanol–water partition coefficient (Wildman–Crippen LogP) is -1.60. The average molecular weight is 214 g/mol. The van der Waals surface area contributed by atoms with Crippen LogP contribution in [-0.2, 0) is 9.47 Å². The first-order chi connectivity index (χ1) is 7.20. The summed E-state index contributed by atoms with van der Waals surface area (Å²) >= 11 is 0. The van der Waals surface area contributed by atoms with E-state index < -0.39 is 23.8 Å². The Morgan fingerprint density at radius 1 is 1.60 bits per heavy atom. The molecular weight excluding hydrogens is 204 g/mol. The molecule has 2 N–H and O–H groups in total. The van der Waals surface area contributed by atoms with Gasteiger partial charge in [0.05, 0.1) is 13.2 Å². The molecule has 1 aliphatic rings. The van der Waals surface area contributed by atoms with Gasteiger partial charge >= 0.3 is 5.69 Å². The topological polar surface area (TPSA) is 93.5 Å². The summed E-state index contributed by atoms with van der Waals surface area (Å²) in [7, 11) is 0. The molecule has 2 rings (SSSR count). The van der Waals surface area contributed by atoms with Gasteiger partial charge in [0.15, 0.2) is 12.5 Å². The van der Waals surface area contributed by atoms with Gasteiger partial charge in [-0.1, -0.05) is 0 Å². The Morgan fingerprint density at radius 2 is 2.40 bits per heavy atom. The summed E-state index contributed by atoms with van der Waals surface area (Å²) in [6.45, 7) is -0.105. The molecule has 1 saturated heterocycles. The summed E-state index contributed by atoms with van der Waals surface area (Å²) < 4.78 is 11.4. The number of nitrogens with zero attached hydrogens (tertiary/aromatic N) is 1. The van der Waals surface area contributed by atoms with E-state index in [1.165, 1.54) is 16.8 Å². The standard InChI is InChI=1S/C8H10N2O5/c11-3-7-14-4-6(15-7)10-2-1-5(12)9-8(10)13/h1-2,6-7,11H,3-4H2,(H,9,12,13)/t6?,7-/m0/s1. The van der Waals surface area contributed by atoms with E-state index in [4.69, 9.17) is 14.6 Å². The number of aromatic nitrogens is 2. The van der Waals surface area contributed by atoms with Gasteiger partial charge in [0.2, 0.25) is 0 Å². The lowest BCUT2D eigenvalue weighted by atomic mass is 10.5. The Bertz CT molecular complexity index is 451. The van der Waals surface area contributed by atoms with Crippen molar-refractivity contribution in [1.29, 1.82) is 0 Å². The van der Waals surface area contributed by atoms with Crippen LogP contribution in [0.5, 0.6) is 0 Å². The number of aliphatic hydroxyl groups is 1. The maximum absolute atomic E-state index is 11.3. The summed E-state index contributed by atoms with van der Waals surface area (Å²) in [5.74, 6) is 0. The zero-order valence-corrected chi connectivity index (χ0v) is 7.75. The van der Waals surface area contributed by atoms with Crippen LogP contribution in [0, 0.1) is 0 Å². The number of aliphatic hydroxyl groups excluding tert-OH is 1. The molecule has 7 nitrogen and oxygen atoms in total. The largest absolute Gasteiger partial charge is 0.391 e. The van der Waals surface area contributed by atoms with E-state index in [9.17, 15) is 9.59 Å². The molecule has 0 amide bonds. The second kappa shape index (κ2) is 3.97. The highest BCUT2D eigenvalue weighted by atomic mass is 16.7. The number of rotatable bonds is 2. The van der Waals surface area contributed by atoms with Crippen molar-refractivity contribution in [3.8, 4) is 0 Å². The zero-order chi connectivity index (χ0) is 10.8. The van der Waals surface area contributed by atoms with Gasteiger partial charge in [0.1, 0.15) is 0 Å². The molecule has 1 unspecified atom stereocenters. The Kier molecular flexibility index (Phi) is 2.67. The van der Waals surface area contributed by atoms with Crippen molar-refractivity contribution in [2.75, 3.05) is 13.2 Å². The molecule has 2 atom stereocenters. The molecule has 1 aromatic rings. The van der Waals surface area contributed by atoms with Crippen LogP contribution in [0.4, 0.5) is 0 Å². The monoisotopic (exact) mass is 214 g/mol. The highest BCUT2D eigenvalue weighted by Gasteiger charge is 2.27. The van der Waals surface area contributed by atoms with Gasteiger partial charge in [0.25, 0.3) is 5.56 Å². The number of H-pyrrole nitrogens is 1. The lowest BCUT2D eigenvalue weighted by Crippen LogP contribution is -2.32. The van der Waals surface area contributed by atoms with Crippen molar-refractivity contribution >= 4 is 0 Å². The van der Waals surface area contributed by atoms with Crippen molar-refractivity contribution in [2.24, 2.45) is 0 Å². The Balaban J connectivity index is 2.24. The van der Waals surface area contributed by atoms with E-state index in [2.05, 4.69) is 4.98 Å². The van der Waals surface area contributed by atoms with Crippen molar-refractivity contribution in [1.82, 2.24) is 9.55 Å². The first-order valence-electron chi connectivity index (χ1n) is 4.40. The molecule has 0 spiro atoms. The van der Waals surface area contributed by atoms with Crippen molar-refractivity contribution in [3.05, 3.63) is 33.1 Å². The van der Waals surface area contributed by atoms with Crippen LogP contribution in [0.25, 0.3) is 0 Å². The van der Waals surface area contributed by atoms with Gasteiger partial charge in [-0.2, -0.15) is 0 Å². The highest BCUT2D eigenvalue weighted by molar-refractivity contribution is 4.84. The molecule has 0 aliphatic carbocycles. The van der Waals surface area contributed by atoms with Crippen LogP contribution in [-0.4, -0.2) is 34.2 Å². The smallest absolute Gasteiger partial charge is 0.330 e. The molecule has 0 radical (unpaired) electrons. The minimum Gasteiger partial charge on any atom is -0.391 e. The van der Waals surface area contributed by atoms with E-state index in [1.807, 2.05) is 0 Å². The van der Waals surface area contributed by atoms with Crippen LogP contribution in [0.2, 0.25) is 0 Å². The number of hydrogen-bond donors (Lipinski definition) is 2. The highest BCUT2D eigenvalue weighted by Crippen LogP contribution is 2.18. The summed E-state index contributed by atoms with van der Waals surface area (Å²) in [6, 6.07) is 1.22. The molecule has 0 saturated carbocycles. The number of aromatic amines is 1. The molecule has 15 heavy (non-hydrogen) atoms. The second-order valence-corrected chi connectivity index (χ2v) is 3.05. The van der Waals surface area contributed by atoms with Gasteiger partial charge in [-0.25, -0.2) is 4.79 Å². The maximum Gasteiger partial charge on any atom is 0.330 e. The molecule has 1 aromatic heterocycles. The van der Waals surface area contributed by atoms with Gasteiger partial charge < -0.3 is 14.6 Å². The third-order valence-corrected chi connectivity index (χ3v) is 2.04. The van der Waals surface area contributed by atoms with Crippen LogP contribution in [0.1, 0.15) is 6.23 Å². The van der Waals surface area contributed by atoms with Gasteiger partial charge in [-0.15, -0.1) is 0 Å². The molecule has 1 aliphatic heterocycles. The summed E-state index contributed by atoms with van der Waals surface area (Å²) in [6.07, 6.45) is 0.00918. The van der Waals surface area contributed by atoms with Gasteiger partial charge in [0, 0.05) is 12.3 Å². The number of hydrogen-bond acceptors (Lipinski definition) is 5. The summed E-state index contributed by atoms with van der Waals surface area (Å²) in [5.41, 5.74) is -1.02. The molecule has 2 heterocycles. The molecule has 0 bridgehead atoms. The van der Waals surface area contributed by atoms with Crippen molar-refractivity contribution in [2.45, 2.75) is 12.5 Å². The first kappa shape index (κ1) is 10.1. The van der Waals surface area contributed by atoms with Crippen molar-refractivity contribution < 1.29 is 14.6 Å². The Labute approximate surface area is 83.9 Å². The quantitative estimate of drug-likeness (QED) is 0.618. The third-order valence-electron chi connectivity index (χ3n) is 2.04. The number of ether oxygens (including phenoxy) is 2. The minimum absolute atomic E-state index is 0.164. The summed E-state index contributed by atoms with van der Waals surface area (Å²) in [4.78, 5) is 24.2.